The molecule has 0 saturated heterocycles. The van der Waals surface area contributed by atoms with Gasteiger partial charge in [0.25, 0.3) is 0 Å². The first-order chi connectivity index (χ1) is 6.56. The first-order valence-electron chi connectivity index (χ1n) is 5.96. The van der Waals surface area contributed by atoms with E-state index in [1.165, 1.54) is 25.7 Å². The molecule has 14 heavy (non-hydrogen) atoms. The van der Waals surface area contributed by atoms with Crippen LogP contribution in [0.15, 0.2) is 12.2 Å². The van der Waals surface area contributed by atoms with Crippen molar-refractivity contribution in [2.45, 2.75) is 65.3 Å². The Balaban J connectivity index is 3.19. The number of hydrogen-bond acceptors (Lipinski definition) is 1. The first kappa shape index (κ1) is 13.7. The molecule has 0 heterocycles. The monoisotopic (exact) mass is 197 g/mol. The standard InChI is InChI=1S/C13H27N/c1-5-6-7-8-9-10-11-12-14-13(2,3)4/h9-10,14H,5-8,11-12H2,1-4H3. The fraction of sp³-hybridized carbons (Fsp3) is 0.846. The van der Waals surface area contributed by atoms with Gasteiger partial charge in [0.05, 0.1) is 0 Å². The highest BCUT2D eigenvalue weighted by Gasteiger charge is 2.05. The Bertz CT molecular complexity index is 142. The SMILES string of the molecule is CCCCCC=CCCNC(C)(C)C. The molecule has 0 bridgehead atoms. The summed E-state index contributed by atoms with van der Waals surface area (Å²) in [5.74, 6) is 0. The van der Waals surface area contributed by atoms with Crippen LogP contribution >= 0.6 is 0 Å². The Kier molecular flexibility index (Phi) is 7.87. The van der Waals surface area contributed by atoms with Crippen LogP contribution in [0.3, 0.4) is 0 Å². The molecule has 1 N–H and O–H groups in total. The van der Waals surface area contributed by atoms with Crippen molar-refractivity contribution < 1.29 is 0 Å². The van der Waals surface area contributed by atoms with Crippen LogP contribution < -0.4 is 5.32 Å². The van der Waals surface area contributed by atoms with Crippen LogP contribution in [0.5, 0.6) is 0 Å². The molecule has 1 heteroatoms. The average molecular weight is 197 g/mol. The molecule has 0 fully saturated rings. The second-order valence-corrected chi connectivity index (χ2v) is 4.93. The average Bonchev–Trinajstić information content (AvgIpc) is 2.08. The smallest absolute Gasteiger partial charge is 0.00966 e. The van der Waals surface area contributed by atoms with E-state index in [0.29, 0.717) is 0 Å². The van der Waals surface area contributed by atoms with Crippen molar-refractivity contribution in [1.82, 2.24) is 5.32 Å². The van der Waals surface area contributed by atoms with Gasteiger partial charge in [0.1, 0.15) is 0 Å². The third kappa shape index (κ3) is 11.7. The zero-order valence-electron chi connectivity index (χ0n) is 10.4. The Labute approximate surface area is 90.0 Å². The lowest BCUT2D eigenvalue weighted by atomic mass is 10.1. The van der Waals surface area contributed by atoms with Gasteiger partial charge in [0, 0.05) is 5.54 Å². The van der Waals surface area contributed by atoms with Crippen molar-refractivity contribution in [3.8, 4) is 0 Å². The fourth-order valence-electron chi connectivity index (χ4n) is 1.28. The molecule has 0 aromatic rings. The van der Waals surface area contributed by atoms with Gasteiger partial charge >= 0.3 is 0 Å². The molecule has 0 spiro atoms. The van der Waals surface area contributed by atoms with E-state index in [0.717, 1.165) is 13.0 Å². The van der Waals surface area contributed by atoms with Gasteiger partial charge in [0.15, 0.2) is 0 Å². The summed E-state index contributed by atoms with van der Waals surface area (Å²) < 4.78 is 0. The van der Waals surface area contributed by atoms with E-state index in [-0.39, 0.29) is 5.54 Å². The van der Waals surface area contributed by atoms with Gasteiger partial charge < -0.3 is 5.32 Å². The molecule has 0 amide bonds. The lowest BCUT2D eigenvalue weighted by Gasteiger charge is -2.19. The number of nitrogens with one attached hydrogen (secondary N) is 1. The summed E-state index contributed by atoms with van der Waals surface area (Å²) in [6, 6.07) is 0. The van der Waals surface area contributed by atoms with Crippen molar-refractivity contribution in [2.24, 2.45) is 0 Å². The van der Waals surface area contributed by atoms with Crippen LogP contribution in [0.1, 0.15) is 59.8 Å². The van der Waals surface area contributed by atoms with E-state index in [2.05, 4.69) is 45.2 Å². The lowest BCUT2D eigenvalue weighted by molar-refractivity contribution is 0.431. The van der Waals surface area contributed by atoms with Crippen molar-refractivity contribution in [1.29, 1.82) is 0 Å². The topological polar surface area (TPSA) is 12.0 Å². The zero-order chi connectivity index (χ0) is 10.9. The Morgan fingerprint density at radius 1 is 1.00 bits per heavy atom. The highest BCUT2D eigenvalue weighted by molar-refractivity contribution is 4.83. The van der Waals surface area contributed by atoms with Crippen LogP contribution in [0, 0.1) is 0 Å². The molecule has 0 aromatic heterocycles. The number of allylic oxidation sites excluding steroid dienone is 1. The van der Waals surface area contributed by atoms with Gasteiger partial charge in [-0.1, -0.05) is 31.9 Å². The molecule has 0 saturated carbocycles. The van der Waals surface area contributed by atoms with Crippen LogP contribution in [0.4, 0.5) is 0 Å². The van der Waals surface area contributed by atoms with Gasteiger partial charge in [-0.25, -0.2) is 0 Å². The molecule has 0 rings (SSSR count). The molecular formula is C13H27N. The molecule has 1 nitrogen and oxygen atoms in total. The summed E-state index contributed by atoms with van der Waals surface area (Å²) >= 11 is 0. The van der Waals surface area contributed by atoms with Crippen molar-refractivity contribution in [2.75, 3.05) is 6.54 Å². The predicted molar refractivity (Wildman–Crippen MR) is 65.7 cm³/mol. The third-order valence-corrected chi connectivity index (χ3v) is 2.11. The van der Waals surface area contributed by atoms with Gasteiger partial charge in [-0.3, -0.25) is 0 Å². The number of hydrogen-bond donors (Lipinski definition) is 1. The quantitative estimate of drug-likeness (QED) is 0.482. The van der Waals surface area contributed by atoms with Crippen molar-refractivity contribution in [3.63, 3.8) is 0 Å². The van der Waals surface area contributed by atoms with Gasteiger partial charge in [0.2, 0.25) is 0 Å². The summed E-state index contributed by atoms with van der Waals surface area (Å²) in [6.45, 7) is 9.96. The van der Waals surface area contributed by atoms with Gasteiger partial charge in [-0.15, -0.1) is 0 Å². The fourth-order valence-corrected chi connectivity index (χ4v) is 1.28. The van der Waals surface area contributed by atoms with Crippen molar-refractivity contribution >= 4 is 0 Å². The van der Waals surface area contributed by atoms with Gasteiger partial charge in [-0.2, -0.15) is 0 Å². The zero-order valence-corrected chi connectivity index (χ0v) is 10.4. The minimum atomic E-state index is 0.260. The highest BCUT2D eigenvalue weighted by Crippen LogP contribution is 2.01. The summed E-state index contributed by atoms with van der Waals surface area (Å²) in [6.07, 6.45) is 11.1. The summed E-state index contributed by atoms with van der Waals surface area (Å²) in [7, 11) is 0. The maximum Gasteiger partial charge on any atom is 0.00966 e. The Hall–Kier alpha value is -0.300. The maximum absolute atomic E-state index is 3.47. The van der Waals surface area contributed by atoms with E-state index >= 15 is 0 Å². The first-order valence-corrected chi connectivity index (χ1v) is 5.96. The lowest BCUT2D eigenvalue weighted by Crippen LogP contribution is -2.36. The van der Waals surface area contributed by atoms with Crippen molar-refractivity contribution in [3.05, 3.63) is 12.2 Å². The minimum Gasteiger partial charge on any atom is -0.312 e. The Morgan fingerprint density at radius 2 is 1.64 bits per heavy atom. The second kappa shape index (κ2) is 8.05. The van der Waals surface area contributed by atoms with E-state index < -0.39 is 0 Å². The molecule has 84 valence electrons. The highest BCUT2D eigenvalue weighted by atomic mass is 14.9. The minimum absolute atomic E-state index is 0.260. The summed E-state index contributed by atoms with van der Waals surface area (Å²) in [5, 5.41) is 3.47. The summed E-state index contributed by atoms with van der Waals surface area (Å²) in [4.78, 5) is 0. The normalized spacial score (nSPS) is 12.6. The molecule has 0 aromatic carbocycles. The molecule has 0 atom stereocenters. The van der Waals surface area contributed by atoms with E-state index in [9.17, 15) is 0 Å². The van der Waals surface area contributed by atoms with Gasteiger partial charge in [-0.05, 0) is 46.6 Å². The van der Waals surface area contributed by atoms with Crippen LogP contribution in [-0.2, 0) is 0 Å². The molecule has 0 aliphatic carbocycles. The maximum atomic E-state index is 3.47. The van der Waals surface area contributed by atoms with Crippen LogP contribution in [0.2, 0.25) is 0 Å². The summed E-state index contributed by atoms with van der Waals surface area (Å²) in [5.41, 5.74) is 0.260. The molecule has 0 unspecified atom stereocenters. The Morgan fingerprint density at radius 3 is 2.21 bits per heavy atom. The molecule has 0 aliphatic heterocycles. The number of unbranched alkanes of at least 4 members (excludes halogenated alkanes) is 3. The molecule has 0 radical (unpaired) electrons. The van der Waals surface area contributed by atoms with Crippen LogP contribution in [-0.4, -0.2) is 12.1 Å². The molecular weight excluding hydrogens is 170 g/mol. The van der Waals surface area contributed by atoms with E-state index in [4.69, 9.17) is 0 Å². The second-order valence-electron chi connectivity index (χ2n) is 4.93. The van der Waals surface area contributed by atoms with E-state index in [1.54, 1.807) is 0 Å². The number of rotatable bonds is 7. The predicted octanol–water partition coefficient (Wildman–Crippen LogP) is 3.90. The third-order valence-electron chi connectivity index (χ3n) is 2.11. The largest absolute Gasteiger partial charge is 0.312 e. The van der Waals surface area contributed by atoms with Crippen LogP contribution in [0.25, 0.3) is 0 Å². The van der Waals surface area contributed by atoms with E-state index in [1.807, 2.05) is 0 Å². The molecule has 0 aliphatic rings.